The summed E-state index contributed by atoms with van der Waals surface area (Å²) in [6.07, 6.45) is 8.59. The fourth-order valence-electron chi connectivity index (χ4n) is 6.02. The van der Waals surface area contributed by atoms with Crippen molar-refractivity contribution < 1.29 is 19.0 Å². The zero-order valence-electron chi connectivity index (χ0n) is 23.4. The van der Waals surface area contributed by atoms with Crippen LogP contribution in [0.15, 0.2) is 55.0 Å². The van der Waals surface area contributed by atoms with Gasteiger partial charge in [0.05, 0.1) is 25.1 Å². The average molecular weight is 559 g/mol. The molecule has 4 heterocycles. The maximum atomic E-state index is 14.3. The highest BCUT2D eigenvalue weighted by atomic mass is 19.1. The van der Waals surface area contributed by atoms with Crippen molar-refractivity contribution in [3.63, 3.8) is 0 Å². The number of amides is 1. The second-order valence-corrected chi connectivity index (χ2v) is 10.9. The number of carbonyl (C=O) groups is 1. The zero-order chi connectivity index (χ0) is 28.5. The number of rotatable bonds is 6. The summed E-state index contributed by atoms with van der Waals surface area (Å²) in [5.74, 6) is 0.363. The number of fused-ring (bicyclic) bond motifs is 1. The van der Waals surface area contributed by atoms with E-state index >= 15 is 0 Å². The van der Waals surface area contributed by atoms with Crippen LogP contribution >= 0.6 is 0 Å². The van der Waals surface area contributed by atoms with Gasteiger partial charge < -0.3 is 25.0 Å². The fraction of sp³-hybridized carbons (Fsp3) is 0.387. The predicted octanol–water partition coefficient (Wildman–Crippen LogP) is 4.66. The first-order valence-electron chi connectivity index (χ1n) is 14.2. The van der Waals surface area contributed by atoms with Crippen molar-refractivity contribution in [1.82, 2.24) is 24.2 Å². The van der Waals surface area contributed by atoms with Crippen molar-refractivity contribution in [3.05, 3.63) is 71.9 Å². The molecular formula is C31H35FN6O3. The Hall–Kier alpha value is -4.02. The van der Waals surface area contributed by atoms with Gasteiger partial charge in [0.1, 0.15) is 0 Å². The molecule has 41 heavy (non-hydrogen) atoms. The molecule has 2 aromatic carbocycles. The summed E-state index contributed by atoms with van der Waals surface area (Å²) < 4.78 is 21.2. The summed E-state index contributed by atoms with van der Waals surface area (Å²) in [4.78, 5) is 26.9. The molecule has 0 radical (unpaired) electrons. The lowest BCUT2D eigenvalue weighted by atomic mass is 9.98. The second kappa shape index (κ2) is 11.5. The van der Waals surface area contributed by atoms with Crippen LogP contribution in [0.25, 0.3) is 16.9 Å². The van der Waals surface area contributed by atoms with Gasteiger partial charge in [0.25, 0.3) is 5.91 Å². The first kappa shape index (κ1) is 27.2. The minimum Gasteiger partial charge on any atom is -0.494 e. The number of hydrogen-bond donors (Lipinski definition) is 2. The lowest BCUT2D eigenvalue weighted by molar-refractivity contribution is 0.0357. The standard InChI is InChI=1S/C31H35FN6O3/c1-20-17-22(4-5-25(20)31(40)37-12-7-23(8-13-37)36-14-9-24(39)10-15-36)35-29-30-34-19-27(38(30)16-11-33-29)21-3-6-28(41-2)26(32)18-21/h3-6,11,16-19,23-24,39H,7-10,12-15H2,1-2H3,(H,33,35). The third-order valence-electron chi connectivity index (χ3n) is 8.36. The van der Waals surface area contributed by atoms with Crippen LogP contribution in [0.1, 0.15) is 41.6 Å². The Morgan fingerprint density at radius 1 is 1.05 bits per heavy atom. The van der Waals surface area contributed by atoms with Gasteiger partial charge >= 0.3 is 0 Å². The number of carbonyl (C=O) groups excluding carboxylic acids is 1. The summed E-state index contributed by atoms with van der Waals surface area (Å²) >= 11 is 0. The summed E-state index contributed by atoms with van der Waals surface area (Å²) in [5, 5.41) is 13.1. The maximum Gasteiger partial charge on any atom is 0.254 e. The van der Waals surface area contributed by atoms with E-state index in [2.05, 4.69) is 20.2 Å². The fourth-order valence-corrected chi connectivity index (χ4v) is 6.02. The number of benzene rings is 2. The number of aromatic nitrogens is 3. The van der Waals surface area contributed by atoms with Crippen LogP contribution in [-0.2, 0) is 0 Å². The van der Waals surface area contributed by atoms with Gasteiger partial charge in [0.15, 0.2) is 23.0 Å². The van der Waals surface area contributed by atoms with Crippen molar-refractivity contribution >= 4 is 23.1 Å². The lowest BCUT2D eigenvalue weighted by Gasteiger charge is -2.41. The molecule has 0 spiro atoms. The van der Waals surface area contributed by atoms with E-state index < -0.39 is 5.82 Å². The van der Waals surface area contributed by atoms with Gasteiger partial charge in [-0.2, -0.15) is 0 Å². The topological polar surface area (TPSA) is 95.2 Å². The zero-order valence-corrected chi connectivity index (χ0v) is 23.4. The Morgan fingerprint density at radius 3 is 2.54 bits per heavy atom. The van der Waals surface area contributed by atoms with E-state index in [0.29, 0.717) is 28.6 Å². The first-order valence-corrected chi connectivity index (χ1v) is 14.2. The third-order valence-corrected chi connectivity index (χ3v) is 8.36. The number of methoxy groups -OCH3 is 1. The number of aliphatic hydroxyl groups excluding tert-OH is 1. The highest BCUT2D eigenvalue weighted by molar-refractivity contribution is 5.96. The number of nitrogens with one attached hydrogen (secondary N) is 1. The maximum absolute atomic E-state index is 14.3. The van der Waals surface area contributed by atoms with Crippen LogP contribution in [0.5, 0.6) is 5.75 Å². The Labute approximate surface area is 238 Å². The Bertz CT molecular complexity index is 1560. The van der Waals surface area contributed by atoms with Crippen LogP contribution in [0, 0.1) is 12.7 Å². The van der Waals surface area contributed by atoms with Crippen LogP contribution in [0.2, 0.25) is 0 Å². The molecule has 6 rings (SSSR count). The molecule has 0 unspecified atom stereocenters. The van der Waals surface area contributed by atoms with E-state index in [-0.39, 0.29) is 17.8 Å². The van der Waals surface area contributed by atoms with Crippen LogP contribution < -0.4 is 10.1 Å². The Morgan fingerprint density at radius 2 is 1.83 bits per heavy atom. The molecular weight excluding hydrogens is 523 g/mol. The number of ether oxygens (including phenoxy) is 1. The number of nitrogens with zero attached hydrogens (tertiary/aromatic N) is 5. The first-order chi connectivity index (χ1) is 19.9. The molecule has 2 saturated heterocycles. The minimum absolute atomic E-state index is 0.0615. The Balaban J connectivity index is 1.14. The van der Waals surface area contributed by atoms with Crippen molar-refractivity contribution in [3.8, 4) is 17.0 Å². The highest BCUT2D eigenvalue weighted by Crippen LogP contribution is 2.29. The molecule has 214 valence electrons. The molecule has 4 aromatic rings. The van der Waals surface area contributed by atoms with Crippen molar-refractivity contribution in [2.45, 2.75) is 44.8 Å². The molecule has 1 amide bonds. The van der Waals surface area contributed by atoms with Gasteiger partial charge in [-0.25, -0.2) is 14.4 Å². The van der Waals surface area contributed by atoms with Crippen molar-refractivity contribution in [2.24, 2.45) is 0 Å². The minimum atomic E-state index is -0.440. The normalized spacial score (nSPS) is 17.2. The van der Waals surface area contributed by atoms with E-state index in [1.165, 1.54) is 13.2 Å². The van der Waals surface area contributed by atoms with Crippen molar-refractivity contribution in [2.75, 3.05) is 38.6 Å². The number of aliphatic hydroxyl groups is 1. The molecule has 0 bridgehead atoms. The molecule has 0 atom stereocenters. The van der Waals surface area contributed by atoms with Crippen LogP contribution in [0.3, 0.4) is 0 Å². The van der Waals surface area contributed by atoms with Gasteiger partial charge in [-0.15, -0.1) is 0 Å². The van der Waals surface area contributed by atoms with Crippen LogP contribution in [-0.4, -0.2) is 80.6 Å². The van der Waals surface area contributed by atoms with Crippen LogP contribution in [0.4, 0.5) is 15.9 Å². The molecule has 2 aliphatic rings. The average Bonchev–Trinajstić information content (AvgIpc) is 3.43. The number of anilines is 2. The number of likely N-dealkylation sites (tertiary alicyclic amines) is 2. The predicted molar refractivity (Wildman–Crippen MR) is 155 cm³/mol. The second-order valence-electron chi connectivity index (χ2n) is 10.9. The van der Waals surface area contributed by atoms with E-state index in [0.717, 1.165) is 68.8 Å². The summed E-state index contributed by atoms with van der Waals surface area (Å²) in [7, 11) is 1.44. The number of halogens is 1. The SMILES string of the molecule is COc1ccc(-c2cnc3c(Nc4ccc(C(=O)N5CCC(N6CCC(O)CC6)CC5)c(C)c4)nccn23)cc1F. The largest absolute Gasteiger partial charge is 0.494 e. The van der Waals surface area contributed by atoms with E-state index in [9.17, 15) is 14.3 Å². The van der Waals surface area contributed by atoms with E-state index in [1.807, 2.05) is 34.4 Å². The monoisotopic (exact) mass is 558 g/mol. The highest BCUT2D eigenvalue weighted by Gasteiger charge is 2.30. The summed E-state index contributed by atoms with van der Waals surface area (Å²) in [6.45, 7) is 5.32. The lowest BCUT2D eigenvalue weighted by Crippen LogP contribution is -2.49. The quantitative estimate of drug-likeness (QED) is 0.356. The van der Waals surface area contributed by atoms with E-state index in [1.54, 1.807) is 30.7 Å². The molecule has 0 saturated carbocycles. The summed E-state index contributed by atoms with van der Waals surface area (Å²) in [6, 6.07) is 11.0. The number of aryl methyl sites for hydroxylation is 1. The van der Waals surface area contributed by atoms with Gasteiger partial charge in [0.2, 0.25) is 0 Å². The molecule has 9 nitrogen and oxygen atoms in total. The number of piperidine rings is 2. The number of imidazole rings is 1. The van der Waals surface area contributed by atoms with Gasteiger partial charge in [-0.1, -0.05) is 0 Å². The third kappa shape index (κ3) is 5.49. The molecule has 2 aliphatic heterocycles. The molecule has 2 N–H and O–H groups in total. The molecule has 2 aromatic heterocycles. The molecule has 10 heteroatoms. The van der Waals surface area contributed by atoms with Gasteiger partial charge in [-0.3, -0.25) is 9.20 Å². The Kier molecular flexibility index (Phi) is 7.59. The van der Waals surface area contributed by atoms with E-state index in [4.69, 9.17) is 4.74 Å². The van der Waals surface area contributed by atoms with Gasteiger partial charge in [0, 0.05) is 61.4 Å². The molecule has 0 aliphatic carbocycles. The summed E-state index contributed by atoms with van der Waals surface area (Å²) in [5.41, 5.74) is 4.38. The van der Waals surface area contributed by atoms with Gasteiger partial charge in [-0.05, 0) is 74.6 Å². The van der Waals surface area contributed by atoms with Crippen molar-refractivity contribution in [1.29, 1.82) is 0 Å². The smallest absolute Gasteiger partial charge is 0.254 e. The number of hydrogen-bond acceptors (Lipinski definition) is 7. The molecule has 2 fully saturated rings.